The van der Waals surface area contributed by atoms with Crippen LogP contribution in [0.4, 0.5) is 0 Å². The number of nitrogens with one attached hydrogen (secondary N) is 2. The van der Waals surface area contributed by atoms with Gasteiger partial charge in [0.1, 0.15) is 5.75 Å². The van der Waals surface area contributed by atoms with E-state index < -0.39 is 0 Å². The third-order valence-electron chi connectivity index (χ3n) is 4.35. The monoisotopic (exact) mass is 377 g/mol. The average molecular weight is 378 g/mol. The van der Waals surface area contributed by atoms with E-state index in [1.165, 1.54) is 0 Å². The summed E-state index contributed by atoms with van der Waals surface area (Å²) >= 11 is 0. The molecule has 0 bridgehead atoms. The third kappa shape index (κ3) is 8.63. The lowest BCUT2D eigenvalue weighted by Crippen LogP contribution is -2.37. The summed E-state index contributed by atoms with van der Waals surface area (Å²) in [7, 11) is 1.78. The van der Waals surface area contributed by atoms with Crippen molar-refractivity contribution in [2.24, 2.45) is 16.8 Å². The fourth-order valence-corrected chi connectivity index (χ4v) is 2.79. The Hall–Kier alpha value is -1.79. The molecule has 6 nitrogen and oxygen atoms in total. The predicted molar refractivity (Wildman–Crippen MR) is 109 cm³/mol. The van der Waals surface area contributed by atoms with Crippen molar-refractivity contribution < 1.29 is 14.2 Å². The van der Waals surface area contributed by atoms with Gasteiger partial charge in [-0.05, 0) is 24.8 Å². The lowest BCUT2D eigenvalue weighted by atomic mass is 10.1. The molecule has 1 unspecified atom stereocenters. The maximum Gasteiger partial charge on any atom is 0.191 e. The molecule has 1 heterocycles. The smallest absolute Gasteiger partial charge is 0.191 e. The van der Waals surface area contributed by atoms with Gasteiger partial charge in [0.05, 0.1) is 19.8 Å². The zero-order valence-electron chi connectivity index (χ0n) is 17.0. The highest BCUT2D eigenvalue weighted by atomic mass is 16.5. The molecular formula is C21H35N3O3. The summed E-state index contributed by atoms with van der Waals surface area (Å²) in [5.74, 6) is 2.80. The number of hydrogen-bond acceptors (Lipinski definition) is 4. The average Bonchev–Trinajstić information content (AvgIpc) is 3.19. The summed E-state index contributed by atoms with van der Waals surface area (Å²) in [5, 5.41) is 6.68. The second-order valence-electron chi connectivity index (χ2n) is 7.32. The van der Waals surface area contributed by atoms with Crippen molar-refractivity contribution >= 4 is 5.96 Å². The Morgan fingerprint density at radius 1 is 1.30 bits per heavy atom. The normalized spacial score (nSPS) is 17.3. The minimum Gasteiger partial charge on any atom is -0.493 e. The van der Waals surface area contributed by atoms with Gasteiger partial charge in [-0.2, -0.15) is 0 Å². The van der Waals surface area contributed by atoms with Crippen LogP contribution in [0.15, 0.2) is 29.3 Å². The number of benzene rings is 1. The van der Waals surface area contributed by atoms with Crippen LogP contribution >= 0.6 is 0 Å². The number of para-hydroxylation sites is 1. The molecule has 0 amide bonds. The van der Waals surface area contributed by atoms with Crippen LogP contribution in [0.3, 0.4) is 0 Å². The molecule has 1 aromatic rings. The molecule has 27 heavy (non-hydrogen) atoms. The van der Waals surface area contributed by atoms with E-state index in [1.54, 1.807) is 7.05 Å². The zero-order valence-corrected chi connectivity index (χ0v) is 17.0. The van der Waals surface area contributed by atoms with Gasteiger partial charge in [0.25, 0.3) is 0 Å². The molecule has 0 radical (unpaired) electrons. The van der Waals surface area contributed by atoms with Gasteiger partial charge in [-0.3, -0.25) is 4.99 Å². The topological polar surface area (TPSA) is 64.1 Å². The molecule has 1 atom stereocenters. The molecule has 1 aliphatic rings. The summed E-state index contributed by atoms with van der Waals surface area (Å²) in [6.45, 7) is 9.80. The Morgan fingerprint density at radius 2 is 2.15 bits per heavy atom. The number of guanidine groups is 1. The van der Waals surface area contributed by atoms with Crippen molar-refractivity contribution in [3.8, 4) is 5.75 Å². The van der Waals surface area contributed by atoms with E-state index >= 15 is 0 Å². The van der Waals surface area contributed by atoms with Crippen LogP contribution < -0.4 is 15.4 Å². The highest BCUT2D eigenvalue weighted by Crippen LogP contribution is 2.18. The molecule has 1 fully saturated rings. The molecule has 1 aliphatic heterocycles. The Bertz CT molecular complexity index is 557. The minimum atomic E-state index is 0.504. The zero-order chi connectivity index (χ0) is 19.3. The maximum atomic E-state index is 5.91. The fraction of sp³-hybridized carbons (Fsp3) is 0.667. The van der Waals surface area contributed by atoms with Crippen molar-refractivity contribution in [3.05, 3.63) is 29.8 Å². The lowest BCUT2D eigenvalue weighted by Gasteiger charge is -2.16. The van der Waals surface area contributed by atoms with Crippen molar-refractivity contribution in [1.82, 2.24) is 10.6 Å². The summed E-state index contributed by atoms with van der Waals surface area (Å²) in [6.07, 6.45) is 2.07. The molecule has 2 rings (SSSR count). The van der Waals surface area contributed by atoms with Crippen LogP contribution in [-0.4, -0.2) is 52.6 Å². The van der Waals surface area contributed by atoms with Crippen LogP contribution in [0.5, 0.6) is 5.75 Å². The number of aliphatic imine (C=N–C) groups is 1. The van der Waals surface area contributed by atoms with Crippen molar-refractivity contribution in [2.45, 2.75) is 33.2 Å². The largest absolute Gasteiger partial charge is 0.493 e. The summed E-state index contributed by atoms with van der Waals surface area (Å²) in [6, 6.07) is 8.13. The molecular weight excluding hydrogens is 342 g/mol. The first-order valence-electron chi connectivity index (χ1n) is 9.99. The summed E-state index contributed by atoms with van der Waals surface area (Å²) < 4.78 is 17.0. The quantitative estimate of drug-likeness (QED) is 0.353. The fourth-order valence-electron chi connectivity index (χ4n) is 2.79. The molecule has 1 saturated heterocycles. The van der Waals surface area contributed by atoms with Gasteiger partial charge in [-0.15, -0.1) is 0 Å². The number of nitrogens with zero attached hydrogens (tertiary/aromatic N) is 1. The Labute approximate surface area is 163 Å². The first-order valence-corrected chi connectivity index (χ1v) is 9.99. The molecule has 0 saturated carbocycles. The molecule has 152 valence electrons. The molecule has 2 N–H and O–H groups in total. The number of rotatable bonds is 11. The standard InChI is InChI=1S/C21H35N3O3/c1-17(2)14-27-20-8-5-4-7-19(20)13-24-21(22-3)23-10-6-11-25-15-18-9-12-26-16-18/h4-5,7-8,17-18H,6,9-16H2,1-3H3,(H2,22,23,24). The highest BCUT2D eigenvalue weighted by Gasteiger charge is 2.15. The molecule has 6 heteroatoms. The Kier molecular flexibility index (Phi) is 10.0. The van der Waals surface area contributed by atoms with E-state index in [2.05, 4.69) is 35.5 Å². The van der Waals surface area contributed by atoms with E-state index in [0.717, 1.165) is 69.7 Å². The van der Waals surface area contributed by atoms with Gasteiger partial charge >= 0.3 is 0 Å². The van der Waals surface area contributed by atoms with E-state index in [0.29, 0.717) is 18.4 Å². The predicted octanol–water partition coefficient (Wildman–Crippen LogP) is 2.83. The van der Waals surface area contributed by atoms with Crippen LogP contribution in [0.25, 0.3) is 0 Å². The van der Waals surface area contributed by atoms with Crippen molar-refractivity contribution in [1.29, 1.82) is 0 Å². The van der Waals surface area contributed by atoms with Gasteiger partial charge in [-0.25, -0.2) is 0 Å². The van der Waals surface area contributed by atoms with E-state index in [9.17, 15) is 0 Å². The van der Waals surface area contributed by atoms with E-state index in [4.69, 9.17) is 14.2 Å². The van der Waals surface area contributed by atoms with Crippen molar-refractivity contribution in [2.75, 3.05) is 46.6 Å². The van der Waals surface area contributed by atoms with Gasteiger partial charge in [0.15, 0.2) is 5.96 Å². The first kappa shape index (κ1) is 21.5. The lowest BCUT2D eigenvalue weighted by molar-refractivity contribution is 0.0888. The number of hydrogen-bond donors (Lipinski definition) is 2. The Balaban J connectivity index is 1.63. The number of ether oxygens (including phenoxy) is 3. The first-order chi connectivity index (χ1) is 13.2. The van der Waals surface area contributed by atoms with Gasteiger partial charge in [0, 0.05) is 44.8 Å². The van der Waals surface area contributed by atoms with Crippen LogP contribution in [-0.2, 0) is 16.0 Å². The summed E-state index contributed by atoms with van der Waals surface area (Å²) in [5.41, 5.74) is 1.13. The Morgan fingerprint density at radius 3 is 2.89 bits per heavy atom. The second-order valence-corrected chi connectivity index (χ2v) is 7.32. The molecule has 1 aromatic carbocycles. The maximum absolute atomic E-state index is 5.91. The van der Waals surface area contributed by atoms with Crippen LogP contribution in [0.1, 0.15) is 32.3 Å². The van der Waals surface area contributed by atoms with Crippen molar-refractivity contribution in [3.63, 3.8) is 0 Å². The minimum absolute atomic E-state index is 0.504. The van der Waals surface area contributed by atoms with Crippen LogP contribution in [0, 0.1) is 11.8 Å². The third-order valence-corrected chi connectivity index (χ3v) is 4.35. The van der Waals surface area contributed by atoms with Gasteiger partial charge in [0.2, 0.25) is 0 Å². The molecule has 0 spiro atoms. The van der Waals surface area contributed by atoms with E-state index in [1.807, 2.05) is 18.2 Å². The SMILES string of the molecule is CN=C(NCCCOCC1CCOC1)NCc1ccccc1OCC(C)C. The van der Waals surface area contributed by atoms with Gasteiger partial charge in [-0.1, -0.05) is 32.0 Å². The highest BCUT2D eigenvalue weighted by molar-refractivity contribution is 5.79. The van der Waals surface area contributed by atoms with Crippen LogP contribution in [0.2, 0.25) is 0 Å². The van der Waals surface area contributed by atoms with Gasteiger partial charge < -0.3 is 24.8 Å². The molecule has 0 aromatic heterocycles. The second kappa shape index (κ2) is 12.6. The van der Waals surface area contributed by atoms with E-state index in [-0.39, 0.29) is 0 Å². The summed E-state index contributed by atoms with van der Waals surface area (Å²) in [4.78, 5) is 4.28. The molecule has 0 aliphatic carbocycles.